The molecule has 0 bridgehead atoms. The van der Waals surface area contributed by atoms with E-state index in [4.69, 9.17) is 10.5 Å². The van der Waals surface area contributed by atoms with Crippen LogP contribution >= 0.6 is 0 Å². The van der Waals surface area contributed by atoms with Crippen molar-refractivity contribution in [3.63, 3.8) is 0 Å². The summed E-state index contributed by atoms with van der Waals surface area (Å²) in [6, 6.07) is 14.6. The Morgan fingerprint density at radius 1 is 1.06 bits per heavy atom. The van der Waals surface area contributed by atoms with E-state index in [0.717, 1.165) is 17.1 Å². The molecule has 2 heterocycles. The predicted octanol–water partition coefficient (Wildman–Crippen LogP) is 3.50. The van der Waals surface area contributed by atoms with Crippen molar-refractivity contribution in [1.29, 1.82) is 0 Å². The molecule has 0 aliphatic rings. The highest BCUT2D eigenvalue weighted by Gasteiger charge is 2.12. The third-order valence-corrected chi connectivity index (χ3v) is 4.49. The Morgan fingerprint density at radius 2 is 1.78 bits per heavy atom. The molecule has 162 valence electrons. The van der Waals surface area contributed by atoms with Gasteiger partial charge in [-0.3, -0.25) is 0 Å². The molecule has 0 aliphatic heterocycles. The second-order valence-corrected chi connectivity index (χ2v) is 7.03. The number of nitrogens with one attached hydrogen (secondary N) is 1. The number of halogens is 1. The number of carbonyl (C=O) groups is 1. The molecule has 0 atom stereocenters. The van der Waals surface area contributed by atoms with Crippen molar-refractivity contribution in [2.45, 2.75) is 20.5 Å². The summed E-state index contributed by atoms with van der Waals surface area (Å²) in [5.74, 6) is -0.595. The van der Waals surface area contributed by atoms with E-state index in [1.807, 2.05) is 19.9 Å². The normalized spacial score (nSPS) is 10.7. The molecule has 0 radical (unpaired) electrons. The fourth-order valence-electron chi connectivity index (χ4n) is 3.06. The average Bonchev–Trinajstić information content (AvgIpc) is 3.11. The van der Waals surface area contributed by atoms with Gasteiger partial charge in [-0.1, -0.05) is 0 Å². The molecule has 0 unspecified atom stereocenters. The van der Waals surface area contributed by atoms with Crippen molar-refractivity contribution in [1.82, 2.24) is 24.7 Å². The zero-order valence-electron chi connectivity index (χ0n) is 17.4. The van der Waals surface area contributed by atoms with Crippen LogP contribution in [0.2, 0.25) is 0 Å². The Kier molecular flexibility index (Phi) is 5.75. The second kappa shape index (κ2) is 8.80. The molecule has 9 nitrogen and oxygen atoms in total. The summed E-state index contributed by atoms with van der Waals surface area (Å²) in [5, 5.41) is 7.33. The largest absolute Gasteiger partial charge is 0.454 e. The maximum Gasteiger partial charge on any atom is 0.338 e. The monoisotopic (exact) mass is 433 g/mol. The molecule has 0 aliphatic carbocycles. The SMILES string of the molecule is Cc1cc(C)n(-c2ccc(C(=O)OCc3nc(N)nc(Nc4ccc(F)cc4)n3)cc2)n1. The first kappa shape index (κ1) is 20.9. The Bertz CT molecular complexity index is 1250. The van der Waals surface area contributed by atoms with E-state index in [-0.39, 0.29) is 30.1 Å². The van der Waals surface area contributed by atoms with Gasteiger partial charge in [-0.2, -0.15) is 20.1 Å². The van der Waals surface area contributed by atoms with E-state index in [1.54, 1.807) is 28.9 Å². The number of hydrogen-bond acceptors (Lipinski definition) is 8. The minimum Gasteiger partial charge on any atom is -0.454 e. The highest BCUT2D eigenvalue weighted by Crippen LogP contribution is 2.16. The van der Waals surface area contributed by atoms with Gasteiger partial charge in [-0.05, 0) is 68.4 Å². The lowest BCUT2D eigenvalue weighted by molar-refractivity contribution is 0.0462. The fourth-order valence-corrected chi connectivity index (χ4v) is 3.06. The number of anilines is 3. The highest BCUT2D eigenvalue weighted by molar-refractivity contribution is 5.89. The topological polar surface area (TPSA) is 121 Å². The van der Waals surface area contributed by atoms with E-state index in [2.05, 4.69) is 25.4 Å². The highest BCUT2D eigenvalue weighted by atomic mass is 19.1. The molecular weight excluding hydrogens is 413 g/mol. The van der Waals surface area contributed by atoms with Crippen LogP contribution in [0.3, 0.4) is 0 Å². The van der Waals surface area contributed by atoms with Gasteiger partial charge in [0.1, 0.15) is 5.82 Å². The van der Waals surface area contributed by atoms with Gasteiger partial charge in [0.2, 0.25) is 11.9 Å². The van der Waals surface area contributed by atoms with Crippen LogP contribution in [-0.4, -0.2) is 30.7 Å². The number of nitrogens with zero attached hydrogens (tertiary/aromatic N) is 5. The number of carbonyl (C=O) groups excluding carboxylic acids is 1. The van der Waals surface area contributed by atoms with E-state index in [0.29, 0.717) is 11.3 Å². The van der Waals surface area contributed by atoms with Crippen LogP contribution in [0.25, 0.3) is 5.69 Å². The summed E-state index contributed by atoms with van der Waals surface area (Å²) in [6.07, 6.45) is 0. The maximum atomic E-state index is 13.1. The lowest BCUT2D eigenvalue weighted by Crippen LogP contribution is -2.11. The van der Waals surface area contributed by atoms with E-state index in [9.17, 15) is 9.18 Å². The number of rotatable bonds is 6. The van der Waals surface area contributed by atoms with Gasteiger partial charge in [0.15, 0.2) is 12.4 Å². The Hall–Kier alpha value is -4.34. The van der Waals surface area contributed by atoms with Gasteiger partial charge in [0.25, 0.3) is 0 Å². The first-order valence-electron chi connectivity index (χ1n) is 9.71. The Labute approximate surface area is 183 Å². The van der Waals surface area contributed by atoms with Crippen molar-refractivity contribution in [2.24, 2.45) is 0 Å². The smallest absolute Gasteiger partial charge is 0.338 e. The predicted molar refractivity (Wildman–Crippen MR) is 116 cm³/mol. The first-order valence-corrected chi connectivity index (χ1v) is 9.71. The Morgan fingerprint density at radius 3 is 2.44 bits per heavy atom. The number of benzene rings is 2. The van der Waals surface area contributed by atoms with Crippen LogP contribution in [-0.2, 0) is 11.3 Å². The summed E-state index contributed by atoms with van der Waals surface area (Å²) < 4.78 is 20.2. The molecule has 2 aromatic carbocycles. The van der Waals surface area contributed by atoms with Crippen molar-refractivity contribution in [3.8, 4) is 5.69 Å². The lowest BCUT2D eigenvalue weighted by Gasteiger charge is -2.09. The number of ether oxygens (including phenoxy) is 1. The number of hydrogen-bond donors (Lipinski definition) is 2. The van der Waals surface area contributed by atoms with Crippen LogP contribution in [0, 0.1) is 19.7 Å². The molecule has 0 fully saturated rings. The molecule has 0 amide bonds. The molecule has 10 heteroatoms. The van der Waals surface area contributed by atoms with Gasteiger partial charge in [0, 0.05) is 11.4 Å². The molecule has 0 spiro atoms. The summed E-state index contributed by atoms with van der Waals surface area (Å²) in [6.45, 7) is 3.69. The number of esters is 1. The number of aryl methyl sites for hydroxylation is 2. The zero-order valence-corrected chi connectivity index (χ0v) is 17.4. The molecular formula is C22H20FN7O2. The van der Waals surface area contributed by atoms with E-state index in [1.165, 1.54) is 24.3 Å². The number of nitrogen functional groups attached to an aromatic ring is 1. The molecule has 0 saturated carbocycles. The minimum atomic E-state index is -0.531. The van der Waals surface area contributed by atoms with Crippen LogP contribution < -0.4 is 11.1 Å². The van der Waals surface area contributed by atoms with E-state index < -0.39 is 5.97 Å². The van der Waals surface area contributed by atoms with Gasteiger partial charge in [-0.25, -0.2) is 13.9 Å². The van der Waals surface area contributed by atoms with Crippen molar-refractivity contribution in [3.05, 3.63) is 83.2 Å². The maximum absolute atomic E-state index is 13.1. The van der Waals surface area contributed by atoms with Gasteiger partial charge in [-0.15, -0.1) is 0 Å². The summed E-state index contributed by atoms with van der Waals surface area (Å²) in [5.41, 5.74) is 9.43. The molecule has 0 saturated heterocycles. The van der Waals surface area contributed by atoms with Crippen molar-refractivity contribution in [2.75, 3.05) is 11.1 Å². The fraction of sp³-hybridized carbons (Fsp3) is 0.136. The second-order valence-electron chi connectivity index (χ2n) is 7.03. The van der Waals surface area contributed by atoms with Gasteiger partial charge < -0.3 is 15.8 Å². The third kappa shape index (κ3) is 4.86. The summed E-state index contributed by atoms with van der Waals surface area (Å²) in [4.78, 5) is 24.6. The lowest BCUT2D eigenvalue weighted by atomic mass is 10.2. The Balaban J connectivity index is 1.41. The summed E-state index contributed by atoms with van der Waals surface area (Å²) >= 11 is 0. The average molecular weight is 433 g/mol. The van der Waals surface area contributed by atoms with Gasteiger partial charge in [0.05, 0.1) is 16.9 Å². The molecule has 2 aromatic heterocycles. The van der Waals surface area contributed by atoms with E-state index >= 15 is 0 Å². The number of nitrogens with two attached hydrogens (primary N) is 1. The molecule has 4 rings (SSSR count). The molecule has 3 N–H and O–H groups in total. The molecule has 4 aromatic rings. The zero-order chi connectivity index (χ0) is 22.7. The van der Waals surface area contributed by atoms with Crippen LogP contribution in [0.4, 0.5) is 22.0 Å². The molecule has 32 heavy (non-hydrogen) atoms. The minimum absolute atomic E-state index is 0.0371. The van der Waals surface area contributed by atoms with Crippen LogP contribution in [0.1, 0.15) is 27.6 Å². The first-order chi connectivity index (χ1) is 15.4. The number of aromatic nitrogens is 5. The van der Waals surface area contributed by atoms with Crippen LogP contribution in [0.15, 0.2) is 54.6 Å². The van der Waals surface area contributed by atoms with Crippen LogP contribution in [0.5, 0.6) is 0 Å². The summed E-state index contributed by atoms with van der Waals surface area (Å²) in [7, 11) is 0. The van der Waals surface area contributed by atoms with Crippen molar-refractivity contribution < 1.29 is 13.9 Å². The quantitative estimate of drug-likeness (QED) is 0.443. The third-order valence-electron chi connectivity index (χ3n) is 4.49. The van der Waals surface area contributed by atoms with Gasteiger partial charge >= 0.3 is 5.97 Å². The van der Waals surface area contributed by atoms with Crippen molar-refractivity contribution >= 4 is 23.6 Å². The standard InChI is InChI=1S/C22H20FN7O2/c1-13-11-14(2)30(29-13)18-9-3-15(4-10-18)20(31)32-12-19-26-21(24)28-22(27-19)25-17-7-5-16(23)6-8-17/h3-11H,12H2,1-2H3,(H3,24,25,26,27,28).